The molecule has 0 radical (unpaired) electrons. The minimum atomic E-state index is 0.474. The second-order valence-electron chi connectivity index (χ2n) is 4.20. The van der Waals surface area contributed by atoms with E-state index in [1.165, 1.54) is 19.3 Å². The lowest BCUT2D eigenvalue weighted by atomic mass is 10.1. The Morgan fingerprint density at radius 3 is 2.79 bits per heavy atom. The third-order valence-corrected chi connectivity index (χ3v) is 3.25. The van der Waals surface area contributed by atoms with Crippen LogP contribution in [0.5, 0.6) is 0 Å². The molecule has 1 aliphatic rings. The number of halogens is 1. The van der Waals surface area contributed by atoms with Crippen LogP contribution < -0.4 is 0 Å². The second-order valence-corrected chi connectivity index (χ2v) is 5.32. The van der Waals surface area contributed by atoms with Crippen LogP contribution in [0.1, 0.15) is 40.0 Å². The molecular formula is C10H20IN3. The predicted octanol–water partition coefficient (Wildman–Crippen LogP) is 3.07. The Balaban J connectivity index is 2.43. The molecule has 0 aromatic heterocycles. The highest BCUT2D eigenvalue weighted by molar-refractivity contribution is 14.1. The van der Waals surface area contributed by atoms with Crippen molar-refractivity contribution in [3.05, 3.63) is 0 Å². The first-order valence-electron chi connectivity index (χ1n) is 5.40. The van der Waals surface area contributed by atoms with E-state index in [0.717, 1.165) is 12.5 Å². The maximum absolute atomic E-state index is 4.42. The van der Waals surface area contributed by atoms with Gasteiger partial charge in [0.05, 0.1) is 22.9 Å². The maximum Gasteiger partial charge on any atom is 0.128 e. The van der Waals surface area contributed by atoms with Crippen LogP contribution in [0, 0.1) is 5.92 Å². The van der Waals surface area contributed by atoms with Crippen molar-refractivity contribution in [2.45, 2.75) is 46.2 Å². The second kappa shape index (κ2) is 5.78. The molecule has 0 aromatic rings. The molecule has 0 aromatic carbocycles. The topological polar surface area (TPSA) is 18.8 Å². The lowest BCUT2D eigenvalue weighted by Gasteiger charge is -2.28. The number of unbranched alkanes of at least 4 members (excludes halogenated alkanes) is 1. The zero-order valence-corrected chi connectivity index (χ0v) is 11.4. The Morgan fingerprint density at radius 1 is 1.50 bits per heavy atom. The van der Waals surface area contributed by atoms with Gasteiger partial charge in [-0.25, -0.2) is 0 Å². The highest BCUT2D eigenvalue weighted by Crippen LogP contribution is 2.23. The number of hydrazone groups is 1. The molecule has 1 rings (SSSR count). The summed E-state index contributed by atoms with van der Waals surface area (Å²) in [6, 6.07) is 0. The summed E-state index contributed by atoms with van der Waals surface area (Å²) in [6.07, 6.45) is 6.07. The van der Waals surface area contributed by atoms with Crippen LogP contribution in [0.25, 0.3) is 0 Å². The molecule has 14 heavy (non-hydrogen) atoms. The van der Waals surface area contributed by atoms with Gasteiger partial charge in [0.15, 0.2) is 0 Å². The van der Waals surface area contributed by atoms with Gasteiger partial charge in [0.1, 0.15) is 12.5 Å². The molecule has 82 valence electrons. The van der Waals surface area contributed by atoms with Crippen LogP contribution in [0.15, 0.2) is 5.10 Å². The summed E-state index contributed by atoms with van der Waals surface area (Å²) < 4.78 is 2.19. The third-order valence-electron chi connectivity index (χ3n) is 2.36. The standard InChI is InChI=1S/C10H20IN3/c1-4-5-6-14-10(7-9(2)3)13(11)8-12-14/h8-10H,4-7H2,1-3H3. The van der Waals surface area contributed by atoms with Gasteiger partial charge in [-0.1, -0.05) is 27.2 Å². The Hall–Kier alpha value is 0. The fourth-order valence-electron chi connectivity index (χ4n) is 1.57. The lowest BCUT2D eigenvalue weighted by Crippen LogP contribution is -2.36. The molecular weight excluding hydrogens is 289 g/mol. The van der Waals surface area contributed by atoms with Crippen LogP contribution in [-0.4, -0.2) is 27.2 Å². The van der Waals surface area contributed by atoms with Crippen LogP contribution in [0.3, 0.4) is 0 Å². The largest absolute Gasteiger partial charge is 0.280 e. The lowest BCUT2D eigenvalue weighted by molar-refractivity contribution is 0.159. The van der Waals surface area contributed by atoms with Crippen molar-refractivity contribution in [2.75, 3.05) is 6.54 Å². The molecule has 0 fully saturated rings. The number of hydrogen-bond donors (Lipinski definition) is 0. The molecule has 4 heteroatoms. The van der Waals surface area contributed by atoms with E-state index >= 15 is 0 Å². The summed E-state index contributed by atoms with van der Waals surface area (Å²) in [5.74, 6) is 0.725. The van der Waals surface area contributed by atoms with Crippen molar-refractivity contribution in [1.29, 1.82) is 0 Å². The van der Waals surface area contributed by atoms with Crippen LogP contribution >= 0.6 is 22.9 Å². The van der Waals surface area contributed by atoms with E-state index in [4.69, 9.17) is 0 Å². The number of rotatable bonds is 5. The molecule has 0 amide bonds. The van der Waals surface area contributed by atoms with Gasteiger partial charge in [-0.15, -0.1) is 0 Å². The van der Waals surface area contributed by atoms with Gasteiger partial charge in [0.2, 0.25) is 0 Å². The Labute approximate surface area is 101 Å². The molecule has 1 unspecified atom stereocenters. The summed E-state index contributed by atoms with van der Waals surface area (Å²) in [5.41, 5.74) is 0. The van der Waals surface area contributed by atoms with E-state index in [9.17, 15) is 0 Å². The summed E-state index contributed by atoms with van der Waals surface area (Å²) in [5, 5.41) is 6.63. The molecule has 1 atom stereocenters. The summed E-state index contributed by atoms with van der Waals surface area (Å²) >= 11 is 2.34. The smallest absolute Gasteiger partial charge is 0.128 e. The number of hydrogen-bond acceptors (Lipinski definition) is 3. The SMILES string of the molecule is CCCCN1N=CN(I)C1CC(C)C. The average Bonchev–Trinajstić information content (AvgIpc) is 2.45. The average molecular weight is 309 g/mol. The molecule has 1 aliphatic heterocycles. The molecule has 1 heterocycles. The van der Waals surface area contributed by atoms with Gasteiger partial charge in [-0.3, -0.25) is 8.12 Å². The Bertz CT molecular complexity index is 194. The van der Waals surface area contributed by atoms with Crippen molar-refractivity contribution in [1.82, 2.24) is 8.12 Å². The van der Waals surface area contributed by atoms with Crippen LogP contribution in [0.4, 0.5) is 0 Å². The van der Waals surface area contributed by atoms with E-state index in [-0.39, 0.29) is 0 Å². The van der Waals surface area contributed by atoms with Gasteiger partial charge in [0, 0.05) is 6.54 Å². The minimum absolute atomic E-state index is 0.474. The first-order chi connectivity index (χ1) is 6.65. The Morgan fingerprint density at radius 2 is 2.21 bits per heavy atom. The van der Waals surface area contributed by atoms with Gasteiger partial charge < -0.3 is 0 Å². The van der Waals surface area contributed by atoms with E-state index in [2.05, 4.69) is 56.9 Å². The zero-order valence-electron chi connectivity index (χ0n) is 9.28. The first kappa shape index (κ1) is 12.1. The van der Waals surface area contributed by atoms with Crippen molar-refractivity contribution in [3.63, 3.8) is 0 Å². The minimum Gasteiger partial charge on any atom is -0.280 e. The number of nitrogens with zero attached hydrogens (tertiary/aromatic N) is 3. The van der Waals surface area contributed by atoms with E-state index < -0.39 is 0 Å². The van der Waals surface area contributed by atoms with E-state index in [1.807, 2.05) is 6.34 Å². The summed E-state index contributed by atoms with van der Waals surface area (Å²) in [6.45, 7) is 7.84. The zero-order chi connectivity index (χ0) is 10.6. The molecule has 0 saturated carbocycles. The molecule has 3 nitrogen and oxygen atoms in total. The normalized spacial score (nSPS) is 21.4. The quantitative estimate of drug-likeness (QED) is 0.574. The van der Waals surface area contributed by atoms with Crippen LogP contribution in [0.2, 0.25) is 0 Å². The van der Waals surface area contributed by atoms with Crippen molar-refractivity contribution < 1.29 is 0 Å². The monoisotopic (exact) mass is 309 g/mol. The highest BCUT2D eigenvalue weighted by atomic mass is 127. The molecule has 0 spiro atoms. The molecule has 0 bridgehead atoms. The van der Waals surface area contributed by atoms with E-state index in [0.29, 0.717) is 6.17 Å². The summed E-state index contributed by atoms with van der Waals surface area (Å²) in [4.78, 5) is 0. The molecule has 0 saturated heterocycles. The van der Waals surface area contributed by atoms with Gasteiger partial charge in [-0.05, 0) is 18.8 Å². The maximum atomic E-state index is 4.42. The van der Waals surface area contributed by atoms with Crippen molar-refractivity contribution >= 4 is 29.2 Å². The van der Waals surface area contributed by atoms with Crippen LogP contribution in [-0.2, 0) is 0 Å². The fourth-order valence-corrected chi connectivity index (χ4v) is 2.19. The fraction of sp³-hybridized carbons (Fsp3) is 0.900. The van der Waals surface area contributed by atoms with E-state index in [1.54, 1.807) is 0 Å². The summed E-state index contributed by atoms with van der Waals surface area (Å²) in [7, 11) is 0. The molecule has 0 N–H and O–H groups in total. The predicted molar refractivity (Wildman–Crippen MR) is 69.2 cm³/mol. The first-order valence-corrected chi connectivity index (χ1v) is 6.36. The van der Waals surface area contributed by atoms with Crippen molar-refractivity contribution in [3.8, 4) is 0 Å². The van der Waals surface area contributed by atoms with Gasteiger partial charge in [-0.2, -0.15) is 5.10 Å². The Kier molecular flexibility index (Phi) is 4.98. The highest BCUT2D eigenvalue weighted by Gasteiger charge is 2.26. The molecule has 0 aliphatic carbocycles. The van der Waals surface area contributed by atoms with Gasteiger partial charge in [0.25, 0.3) is 0 Å². The third kappa shape index (κ3) is 3.29. The van der Waals surface area contributed by atoms with Crippen molar-refractivity contribution in [2.24, 2.45) is 11.0 Å². The van der Waals surface area contributed by atoms with Gasteiger partial charge >= 0.3 is 0 Å².